The van der Waals surface area contributed by atoms with Gasteiger partial charge in [0.1, 0.15) is 11.6 Å². The Balaban J connectivity index is 0.000000133. The van der Waals surface area contributed by atoms with Gasteiger partial charge in [0.15, 0.2) is 0 Å². The van der Waals surface area contributed by atoms with Gasteiger partial charge in [-0.25, -0.2) is 9.97 Å². The van der Waals surface area contributed by atoms with Gasteiger partial charge >= 0.3 is 0 Å². The van der Waals surface area contributed by atoms with Crippen LogP contribution in [0.3, 0.4) is 0 Å². The lowest BCUT2D eigenvalue weighted by molar-refractivity contribution is 0.977. The molecule has 0 unspecified atom stereocenters. The topological polar surface area (TPSA) is 54.2 Å². The average molecular weight is 1580 g/mol. The molecule has 5 heterocycles. The first kappa shape index (κ1) is 67.9. The Kier molecular flexibility index (Phi) is 17.2. The quantitative estimate of drug-likeness (QED) is 0.168. The molecule has 538 valence electrons. The van der Waals surface area contributed by atoms with E-state index in [0.29, 0.717) is 0 Å². The Morgan fingerprint density at radius 3 is 1.00 bits per heavy atom. The van der Waals surface area contributed by atoms with Crippen LogP contribution in [-0.2, 0) is 38.5 Å². The largest absolute Gasteiger partial charge is 0.355 e. The fourth-order valence-electron chi connectivity index (χ4n) is 17.9. The van der Waals surface area contributed by atoms with Crippen LogP contribution >= 0.6 is 31.9 Å². The van der Waals surface area contributed by atoms with Gasteiger partial charge in [0.05, 0.1) is 22.1 Å². The maximum Gasteiger partial charge on any atom is 0.146 e. The Labute approximate surface area is 672 Å². The number of hydrogen-bond acceptors (Lipinski definition) is 5. The van der Waals surface area contributed by atoms with Gasteiger partial charge < -0.3 is 15.1 Å². The number of benzene rings is 18. The summed E-state index contributed by atoms with van der Waals surface area (Å²) in [5.41, 5.74) is 26.5. The van der Waals surface area contributed by atoms with Crippen molar-refractivity contribution in [1.29, 1.82) is 0 Å². The molecule has 3 aliphatic rings. The molecule has 20 aromatic rings. The molecular weight excluding hydrogens is 1510 g/mol. The fourth-order valence-corrected chi connectivity index (χ4v) is 18.6. The van der Waals surface area contributed by atoms with E-state index in [1.54, 1.807) is 0 Å². The van der Waals surface area contributed by atoms with Gasteiger partial charge in [-0.05, 0) is 224 Å². The molecule has 113 heavy (non-hydrogen) atoms. The van der Waals surface area contributed by atoms with Crippen molar-refractivity contribution in [2.45, 2.75) is 38.5 Å². The van der Waals surface area contributed by atoms with Gasteiger partial charge in [0.25, 0.3) is 0 Å². The third-order valence-corrected chi connectivity index (χ3v) is 24.1. The second-order valence-electron chi connectivity index (χ2n) is 29.6. The molecule has 0 spiro atoms. The number of nitrogens with zero attached hydrogens (tertiary/aromatic N) is 6. The lowest BCUT2D eigenvalue weighted by atomic mass is 9.97. The molecule has 0 radical (unpaired) electrons. The van der Waals surface area contributed by atoms with Crippen molar-refractivity contribution in [2.24, 2.45) is 0 Å². The summed E-state index contributed by atoms with van der Waals surface area (Å²) in [5.74, 6) is 1.87. The molecule has 0 amide bonds. The summed E-state index contributed by atoms with van der Waals surface area (Å²) >= 11 is 7.42. The number of para-hydroxylation sites is 8. The maximum absolute atomic E-state index is 5.84. The predicted octanol–water partition coefficient (Wildman–Crippen LogP) is 28.5. The Morgan fingerprint density at radius 1 is 0.239 bits per heavy atom. The standard InChI is InChI=1S/C59H42N4.C31H18Br2N2.C14H13N/c1-2-21-44(22-3-1)63-58-52-38-46(62-55-27-12-7-18-42(55)31-32-43-19-8-13-28-56(43)62)34-36-49(52)48-35-33-45(61-53-25-10-5-16-40(53)29-30-41-17-6-11-26-54(41)61)37-51(48)57(58)60-59(63)50-24-14-20-39-15-4-9-23-47(39)50;32-20-13-15-24-25-16-14-21(33)18-28(25)30-29(27(24)17-20)34-31(35(30)22-9-2-1-3-10-22)26-12-6-8-19-7-4-5-11-23(19)26;1-3-7-13-11(5-1)9-10-12-6-2-4-8-14(12)15-13/h1-28,33-38H,29-32H2;1-18H;1-8,15H,9-10H2. The number of hydrogen-bond donors (Lipinski definition) is 1. The highest BCUT2D eigenvalue weighted by Crippen LogP contribution is 2.50. The molecule has 0 bridgehead atoms. The molecule has 23 rings (SSSR count). The summed E-state index contributed by atoms with van der Waals surface area (Å²) in [6.07, 6.45) is 6.23. The number of halogens is 2. The van der Waals surface area contributed by atoms with Crippen molar-refractivity contribution in [3.8, 4) is 34.2 Å². The molecule has 0 atom stereocenters. The van der Waals surface area contributed by atoms with Crippen LogP contribution in [0.25, 0.3) is 121 Å². The van der Waals surface area contributed by atoms with Gasteiger partial charge in [0, 0.05) is 98.5 Å². The van der Waals surface area contributed by atoms with Gasteiger partial charge in [-0.1, -0.05) is 287 Å². The highest BCUT2D eigenvalue weighted by atomic mass is 79.9. The van der Waals surface area contributed by atoms with Gasteiger partial charge in [-0.15, -0.1) is 0 Å². The molecule has 18 aromatic carbocycles. The first-order chi connectivity index (χ1) is 55.9. The summed E-state index contributed by atoms with van der Waals surface area (Å²) in [6.45, 7) is 0. The van der Waals surface area contributed by atoms with E-state index in [9.17, 15) is 0 Å². The van der Waals surface area contributed by atoms with Gasteiger partial charge in [-0.2, -0.15) is 0 Å². The van der Waals surface area contributed by atoms with Crippen LogP contribution in [0.5, 0.6) is 0 Å². The van der Waals surface area contributed by atoms with Crippen LogP contribution < -0.4 is 15.1 Å². The SMILES string of the molecule is Brc1ccc2c3ccc(Br)cc3c3c(nc(-c4cccc5ccccc45)n3-c3ccccc3)c2c1.c1ccc(-n2c(-c3cccc4ccccc34)nc3c4cc(N5c6ccccc6CCc6ccccc65)ccc4c4ccc(N5c6ccccc6CCc6ccccc65)cc4c32)cc1.c1ccc2c(c1)CCc1ccccc1N2. The summed E-state index contributed by atoms with van der Waals surface area (Å²) in [5, 5.41) is 17.7. The first-order valence-corrected chi connectivity index (χ1v) is 40.5. The Morgan fingerprint density at radius 2 is 0.558 bits per heavy atom. The van der Waals surface area contributed by atoms with Crippen LogP contribution in [0.1, 0.15) is 33.4 Å². The number of aryl methyl sites for hydroxylation is 6. The number of imidazole rings is 2. The van der Waals surface area contributed by atoms with Crippen molar-refractivity contribution in [3.05, 3.63) is 406 Å². The number of rotatable bonds is 6. The van der Waals surface area contributed by atoms with Crippen molar-refractivity contribution in [3.63, 3.8) is 0 Å². The Bertz CT molecular complexity index is 7010. The molecular formula is C104H73Br2N7. The van der Waals surface area contributed by atoms with Crippen LogP contribution in [0.2, 0.25) is 0 Å². The number of aromatic nitrogens is 4. The molecule has 1 N–H and O–H groups in total. The van der Waals surface area contributed by atoms with E-state index in [1.807, 2.05) is 0 Å². The van der Waals surface area contributed by atoms with Crippen LogP contribution in [0, 0.1) is 0 Å². The third kappa shape index (κ3) is 12.0. The zero-order valence-electron chi connectivity index (χ0n) is 61.8. The van der Waals surface area contributed by atoms with E-state index in [4.69, 9.17) is 9.97 Å². The van der Waals surface area contributed by atoms with Crippen molar-refractivity contribution < 1.29 is 0 Å². The summed E-state index contributed by atoms with van der Waals surface area (Å²) < 4.78 is 6.85. The summed E-state index contributed by atoms with van der Waals surface area (Å²) in [6, 6.07) is 132. The fraction of sp³-hybridized carbons (Fsp3) is 0.0577. The Hall–Kier alpha value is -13.2. The van der Waals surface area contributed by atoms with Crippen molar-refractivity contribution in [2.75, 3.05) is 15.1 Å². The molecule has 7 nitrogen and oxygen atoms in total. The minimum atomic E-state index is 0.925. The van der Waals surface area contributed by atoms with E-state index < -0.39 is 0 Å². The number of nitrogens with one attached hydrogen (secondary N) is 1. The van der Waals surface area contributed by atoms with E-state index >= 15 is 0 Å². The minimum absolute atomic E-state index is 0.925. The second-order valence-corrected chi connectivity index (χ2v) is 31.5. The van der Waals surface area contributed by atoms with E-state index in [-0.39, 0.29) is 0 Å². The number of fused-ring (bicyclic) bond motifs is 20. The monoisotopic (exact) mass is 1580 g/mol. The lowest BCUT2D eigenvalue weighted by Gasteiger charge is -2.28. The minimum Gasteiger partial charge on any atom is -0.355 e. The third-order valence-electron chi connectivity index (χ3n) is 23.2. The number of anilines is 8. The lowest BCUT2D eigenvalue weighted by Crippen LogP contribution is -2.12. The average Bonchev–Trinajstić information content (AvgIpc) is 1.61. The molecule has 3 aliphatic heterocycles. The van der Waals surface area contributed by atoms with Crippen LogP contribution in [0.15, 0.2) is 373 Å². The van der Waals surface area contributed by atoms with Crippen LogP contribution in [-0.4, -0.2) is 19.1 Å². The highest BCUT2D eigenvalue weighted by molar-refractivity contribution is 9.10. The first-order valence-electron chi connectivity index (χ1n) is 39.0. The van der Waals surface area contributed by atoms with E-state index in [1.165, 1.54) is 116 Å². The van der Waals surface area contributed by atoms with E-state index in [2.05, 4.69) is 420 Å². The zero-order chi connectivity index (χ0) is 75.0. The summed E-state index contributed by atoms with van der Waals surface area (Å²) in [4.78, 5) is 16.2. The molecule has 0 fully saturated rings. The molecule has 0 aliphatic carbocycles. The molecule has 9 heteroatoms. The van der Waals surface area contributed by atoms with Crippen molar-refractivity contribution >= 4 is 164 Å². The summed E-state index contributed by atoms with van der Waals surface area (Å²) in [7, 11) is 0. The molecule has 2 aromatic heterocycles. The zero-order valence-corrected chi connectivity index (χ0v) is 65.0. The highest BCUT2D eigenvalue weighted by Gasteiger charge is 2.29. The van der Waals surface area contributed by atoms with Crippen molar-refractivity contribution in [1.82, 2.24) is 19.1 Å². The second kappa shape index (κ2) is 28.6. The maximum atomic E-state index is 5.84. The molecule has 0 saturated heterocycles. The van der Waals surface area contributed by atoms with E-state index in [0.717, 1.165) is 131 Å². The molecule has 0 saturated carbocycles. The predicted molar refractivity (Wildman–Crippen MR) is 481 cm³/mol. The van der Waals surface area contributed by atoms with Gasteiger partial charge in [-0.3, -0.25) is 9.13 Å². The smallest absolute Gasteiger partial charge is 0.146 e. The normalized spacial score (nSPS) is 12.9. The van der Waals surface area contributed by atoms with Gasteiger partial charge in [0.2, 0.25) is 0 Å². The van der Waals surface area contributed by atoms with Crippen LogP contribution in [0.4, 0.5) is 45.5 Å².